The van der Waals surface area contributed by atoms with Gasteiger partial charge in [-0.05, 0) is 51.4 Å². The molecule has 2 aliphatic rings. The third-order valence-corrected chi connectivity index (χ3v) is 6.04. The van der Waals surface area contributed by atoms with Gasteiger partial charge in [-0.3, -0.25) is 19.8 Å². The first-order valence-electron chi connectivity index (χ1n) is 10.5. The fourth-order valence-electron chi connectivity index (χ4n) is 4.44. The van der Waals surface area contributed by atoms with Gasteiger partial charge in [-0.15, -0.1) is 0 Å². The molecule has 0 unspecified atom stereocenters. The Morgan fingerprint density at radius 3 is 2.58 bits per heavy atom. The highest BCUT2D eigenvalue weighted by Crippen LogP contribution is 2.47. The maximum Gasteiger partial charge on any atom is 0.296 e. The summed E-state index contributed by atoms with van der Waals surface area (Å²) < 4.78 is 5.97. The van der Waals surface area contributed by atoms with Gasteiger partial charge in [0, 0.05) is 5.56 Å². The van der Waals surface area contributed by atoms with Crippen molar-refractivity contribution in [3.05, 3.63) is 63.7 Å². The van der Waals surface area contributed by atoms with Gasteiger partial charge in [0.2, 0.25) is 5.91 Å². The molecule has 0 saturated carbocycles. The minimum Gasteiger partial charge on any atom is -0.484 e. The van der Waals surface area contributed by atoms with E-state index in [1.54, 1.807) is 19.9 Å². The van der Waals surface area contributed by atoms with Gasteiger partial charge in [-0.2, -0.15) is 0 Å². The van der Waals surface area contributed by atoms with Crippen LogP contribution >= 0.6 is 0 Å². The topological polar surface area (TPSA) is 105 Å². The van der Waals surface area contributed by atoms with Crippen molar-refractivity contribution in [2.75, 3.05) is 18.4 Å². The third-order valence-electron chi connectivity index (χ3n) is 6.04. The molecule has 0 radical (unpaired) electrons. The zero-order chi connectivity index (χ0) is 22.2. The molecule has 2 aromatic carbocycles. The SMILES string of the molecule is CC1(C)Oc2cc([N+](=O)[O-])c(NC(=O)Cc3ccccc3)cc2[C@H](N2CCCC2)[C@H]1O. The molecule has 0 spiro atoms. The van der Waals surface area contributed by atoms with Crippen molar-refractivity contribution >= 4 is 17.3 Å². The first-order chi connectivity index (χ1) is 14.8. The summed E-state index contributed by atoms with van der Waals surface area (Å²) in [5, 5.41) is 25.5. The van der Waals surface area contributed by atoms with Gasteiger partial charge < -0.3 is 15.2 Å². The zero-order valence-electron chi connectivity index (χ0n) is 17.7. The highest BCUT2D eigenvalue weighted by molar-refractivity contribution is 5.94. The van der Waals surface area contributed by atoms with Gasteiger partial charge in [0.1, 0.15) is 23.1 Å². The number of nitrogens with zero attached hydrogens (tertiary/aromatic N) is 2. The second-order valence-electron chi connectivity index (χ2n) is 8.71. The molecule has 31 heavy (non-hydrogen) atoms. The molecule has 2 N–H and O–H groups in total. The number of hydrogen-bond donors (Lipinski definition) is 2. The van der Waals surface area contributed by atoms with Crippen LogP contribution in [-0.2, 0) is 11.2 Å². The van der Waals surface area contributed by atoms with Crippen LogP contribution in [-0.4, -0.2) is 45.6 Å². The summed E-state index contributed by atoms with van der Waals surface area (Å²) in [6.45, 7) is 5.24. The number of aliphatic hydroxyl groups is 1. The maximum absolute atomic E-state index is 12.6. The number of benzene rings is 2. The summed E-state index contributed by atoms with van der Waals surface area (Å²) in [7, 11) is 0. The Bertz CT molecular complexity index is 986. The van der Waals surface area contributed by atoms with Gasteiger partial charge in [-0.25, -0.2) is 0 Å². The van der Waals surface area contributed by atoms with Gasteiger partial charge in [0.25, 0.3) is 5.69 Å². The van der Waals surface area contributed by atoms with Crippen LogP contribution in [0.1, 0.15) is 43.9 Å². The second-order valence-corrected chi connectivity index (χ2v) is 8.71. The lowest BCUT2D eigenvalue weighted by atomic mass is 9.85. The Kier molecular flexibility index (Phi) is 5.68. The molecule has 0 bridgehead atoms. The van der Waals surface area contributed by atoms with Gasteiger partial charge in [0.15, 0.2) is 0 Å². The standard InChI is InChI=1S/C23H27N3O5/c1-23(2)22(28)21(25-10-6-7-11-25)16-13-17(18(26(29)30)14-19(16)31-23)24-20(27)12-15-8-4-3-5-9-15/h3-5,8-9,13-14,21-22,28H,6-7,10-12H2,1-2H3,(H,24,27)/t21-,22+/m0/s1. The molecule has 0 aliphatic carbocycles. The lowest BCUT2D eigenvalue weighted by Gasteiger charge is -2.45. The number of nitrogens with one attached hydrogen (secondary N) is 1. The van der Waals surface area contributed by atoms with E-state index in [-0.39, 0.29) is 29.7 Å². The largest absolute Gasteiger partial charge is 0.484 e. The summed E-state index contributed by atoms with van der Waals surface area (Å²) in [6.07, 6.45) is 1.37. The smallest absolute Gasteiger partial charge is 0.296 e. The normalized spacial score (nSPS) is 22.4. The summed E-state index contributed by atoms with van der Waals surface area (Å²) in [6, 6.07) is 11.8. The number of carbonyl (C=O) groups excluding carboxylic acids is 1. The minimum absolute atomic E-state index is 0.108. The van der Waals surface area contributed by atoms with Crippen LogP contribution in [0.2, 0.25) is 0 Å². The molecule has 1 saturated heterocycles. The Morgan fingerprint density at radius 2 is 1.94 bits per heavy atom. The predicted octanol–water partition coefficient (Wildman–Crippen LogP) is 3.44. The second kappa shape index (κ2) is 8.28. The van der Waals surface area contributed by atoms with Crippen LogP contribution in [0.3, 0.4) is 0 Å². The van der Waals surface area contributed by atoms with Crippen LogP contribution < -0.4 is 10.1 Å². The number of aliphatic hydroxyl groups excluding tert-OH is 1. The van der Waals surface area contributed by atoms with E-state index in [2.05, 4.69) is 10.2 Å². The fourth-order valence-corrected chi connectivity index (χ4v) is 4.44. The average Bonchev–Trinajstić information content (AvgIpc) is 3.23. The zero-order valence-corrected chi connectivity index (χ0v) is 17.7. The van der Waals surface area contributed by atoms with Crippen molar-refractivity contribution < 1.29 is 19.6 Å². The molecule has 2 heterocycles. The van der Waals surface area contributed by atoms with Crippen LogP contribution in [0, 0.1) is 10.1 Å². The molecular formula is C23H27N3O5. The van der Waals surface area contributed by atoms with Crippen molar-refractivity contribution in [3.63, 3.8) is 0 Å². The lowest BCUT2D eigenvalue weighted by molar-refractivity contribution is -0.384. The van der Waals surface area contributed by atoms with Crippen LogP contribution in [0.25, 0.3) is 0 Å². The van der Waals surface area contributed by atoms with Crippen molar-refractivity contribution in [2.24, 2.45) is 0 Å². The van der Waals surface area contributed by atoms with Crippen LogP contribution in [0.15, 0.2) is 42.5 Å². The highest BCUT2D eigenvalue weighted by atomic mass is 16.6. The molecule has 2 aliphatic heterocycles. The van der Waals surface area contributed by atoms with E-state index in [1.807, 2.05) is 30.3 Å². The number of hydrogen-bond acceptors (Lipinski definition) is 6. The summed E-state index contributed by atoms with van der Waals surface area (Å²) >= 11 is 0. The van der Waals surface area contributed by atoms with E-state index < -0.39 is 16.6 Å². The van der Waals surface area contributed by atoms with Gasteiger partial charge >= 0.3 is 0 Å². The summed E-state index contributed by atoms with van der Waals surface area (Å²) in [5.74, 6) is 0.0320. The number of nitro groups is 1. The molecule has 1 fully saturated rings. The Hall–Kier alpha value is -2.97. The van der Waals surface area contributed by atoms with Crippen LogP contribution in [0.5, 0.6) is 5.75 Å². The van der Waals surface area contributed by atoms with E-state index in [0.717, 1.165) is 31.5 Å². The monoisotopic (exact) mass is 425 g/mol. The number of carbonyl (C=O) groups is 1. The Morgan fingerprint density at radius 1 is 1.26 bits per heavy atom. The molecule has 2 aromatic rings. The molecule has 164 valence electrons. The molecule has 2 atom stereocenters. The van der Waals surface area contributed by atoms with Gasteiger partial charge in [-0.1, -0.05) is 30.3 Å². The first kappa shape index (κ1) is 21.3. The predicted molar refractivity (Wildman–Crippen MR) is 116 cm³/mol. The lowest BCUT2D eigenvalue weighted by Crippen LogP contribution is -2.53. The molecular weight excluding hydrogens is 398 g/mol. The Balaban J connectivity index is 1.71. The molecule has 8 nitrogen and oxygen atoms in total. The third kappa shape index (κ3) is 4.26. The molecule has 4 rings (SSSR count). The Labute approximate surface area is 181 Å². The van der Waals surface area contributed by atoms with Crippen molar-refractivity contribution in [3.8, 4) is 5.75 Å². The number of anilines is 1. The first-order valence-corrected chi connectivity index (χ1v) is 10.5. The van der Waals surface area contributed by atoms with E-state index in [9.17, 15) is 20.0 Å². The minimum atomic E-state index is -0.897. The maximum atomic E-state index is 12.6. The number of rotatable bonds is 5. The number of amides is 1. The number of likely N-dealkylation sites (tertiary alicyclic amines) is 1. The average molecular weight is 425 g/mol. The highest BCUT2D eigenvalue weighted by Gasteiger charge is 2.46. The number of nitro benzene ring substituents is 1. The van der Waals surface area contributed by atoms with E-state index >= 15 is 0 Å². The van der Waals surface area contributed by atoms with Crippen molar-refractivity contribution in [1.82, 2.24) is 4.90 Å². The number of fused-ring (bicyclic) bond motifs is 1. The summed E-state index contributed by atoms with van der Waals surface area (Å²) in [5.41, 5.74) is 0.467. The quantitative estimate of drug-likeness (QED) is 0.562. The summed E-state index contributed by atoms with van der Waals surface area (Å²) in [4.78, 5) is 26.0. The molecule has 8 heteroatoms. The fraction of sp³-hybridized carbons (Fsp3) is 0.435. The van der Waals surface area contributed by atoms with Crippen molar-refractivity contribution in [2.45, 2.75) is 50.9 Å². The van der Waals surface area contributed by atoms with E-state index in [4.69, 9.17) is 4.74 Å². The van der Waals surface area contributed by atoms with Crippen molar-refractivity contribution in [1.29, 1.82) is 0 Å². The van der Waals surface area contributed by atoms with E-state index in [1.165, 1.54) is 6.07 Å². The molecule has 1 amide bonds. The van der Waals surface area contributed by atoms with Gasteiger partial charge in [0.05, 0.1) is 23.5 Å². The van der Waals surface area contributed by atoms with Crippen LogP contribution in [0.4, 0.5) is 11.4 Å². The van der Waals surface area contributed by atoms with E-state index in [0.29, 0.717) is 11.3 Å². The molecule has 0 aromatic heterocycles. The number of ether oxygens (including phenoxy) is 1.